The zero-order chi connectivity index (χ0) is 34.2. The van der Waals surface area contributed by atoms with Gasteiger partial charge in [-0.1, -0.05) is 71.2 Å². The Morgan fingerprint density at radius 2 is 1.52 bits per heavy atom. The van der Waals surface area contributed by atoms with Crippen molar-refractivity contribution in [1.82, 2.24) is 14.7 Å². The van der Waals surface area contributed by atoms with Gasteiger partial charge in [0.05, 0.1) is 40.7 Å². The molecule has 0 aliphatic carbocycles. The standard InChI is InChI=1S/C36H35Cl3N4O5/c1-36(47,22-40-14-16-41(17-15-40)35(45)46)24-18-27(26-6-3-4-7-29(26)37)28-21-42(20-23-10-12-25(48-2)13-11-23)34(44)43(32(28)19-24)33-30(38)8-5-9-31(33)39/h3-13,18-19,47H,14-17,20-22H2,1-2H3,(H,45,46). The van der Waals surface area contributed by atoms with E-state index in [1.54, 1.807) is 37.1 Å². The molecule has 6 rings (SSSR count). The van der Waals surface area contributed by atoms with Gasteiger partial charge in [-0.2, -0.15) is 0 Å². The summed E-state index contributed by atoms with van der Waals surface area (Å²) in [6.07, 6.45) is -0.954. The number of methoxy groups -OCH3 is 1. The van der Waals surface area contributed by atoms with Crippen LogP contribution < -0.4 is 9.64 Å². The molecule has 3 amide bonds. The Bertz CT molecular complexity index is 1820. The van der Waals surface area contributed by atoms with E-state index in [-0.39, 0.29) is 19.1 Å². The third-order valence-corrected chi connectivity index (χ3v) is 9.87. The van der Waals surface area contributed by atoms with Crippen LogP contribution >= 0.6 is 34.8 Å². The molecular weight excluding hydrogens is 675 g/mol. The molecule has 12 heteroatoms. The molecular formula is C36H35Cl3N4O5. The van der Waals surface area contributed by atoms with Crippen LogP contribution in [0.2, 0.25) is 15.1 Å². The molecule has 1 atom stereocenters. The Kier molecular flexibility index (Phi) is 9.79. The number of carboxylic acid groups (broad SMARTS) is 1. The van der Waals surface area contributed by atoms with Crippen molar-refractivity contribution >= 4 is 58.3 Å². The summed E-state index contributed by atoms with van der Waals surface area (Å²) < 4.78 is 5.32. The molecule has 1 fully saturated rings. The Morgan fingerprint density at radius 1 is 0.875 bits per heavy atom. The molecule has 1 unspecified atom stereocenters. The molecule has 48 heavy (non-hydrogen) atoms. The molecule has 0 bridgehead atoms. The van der Waals surface area contributed by atoms with Crippen LogP contribution in [0, 0.1) is 0 Å². The van der Waals surface area contributed by atoms with E-state index < -0.39 is 11.7 Å². The van der Waals surface area contributed by atoms with Crippen LogP contribution in [0.1, 0.15) is 23.6 Å². The average molecular weight is 710 g/mol. The second-order valence-electron chi connectivity index (χ2n) is 12.2. The number of hydrogen-bond donors (Lipinski definition) is 2. The minimum absolute atomic E-state index is 0.242. The van der Waals surface area contributed by atoms with Crippen molar-refractivity contribution < 1.29 is 24.5 Å². The highest BCUT2D eigenvalue weighted by Crippen LogP contribution is 2.47. The van der Waals surface area contributed by atoms with Crippen molar-refractivity contribution in [2.24, 2.45) is 0 Å². The van der Waals surface area contributed by atoms with Crippen LogP contribution in [0.5, 0.6) is 5.75 Å². The summed E-state index contributed by atoms with van der Waals surface area (Å²) in [5.74, 6) is 0.711. The number of para-hydroxylation sites is 1. The van der Waals surface area contributed by atoms with Crippen molar-refractivity contribution in [3.05, 3.63) is 111 Å². The Morgan fingerprint density at radius 3 is 2.15 bits per heavy atom. The topological polar surface area (TPSA) is 96.8 Å². The molecule has 2 aliphatic heterocycles. The molecule has 2 N–H and O–H groups in total. The van der Waals surface area contributed by atoms with E-state index in [9.17, 15) is 19.8 Å². The van der Waals surface area contributed by atoms with Crippen LogP contribution in [0.3, 0.4) is 0 Å². The van der Waals surface area contributed by atoms with Crippen LogP contribution in [-0.4, -0.2) is 76.9 Å². The molecule has 250 valence electrons. The smallest absolute Gasteiger partial charge is 0.407 e. The van der Waals surface area contributed by atoms with Crippen molar-refractivity contribution in [3.8, 4) is 16.9 Å². The minimum Gasteiger partial charge on any atom is -0.497 e. The first-order valence-electron chi connectivity index (χ1n) is 15.5. The molecule has 9 nitrogen and oxygen atoms in total. The number of halogens is 3. The summed E-state index contributed by atoms with van der Waals surface area (Å²) in [7, 11) is 1.60. The lowest BCUT2D eigenvalue weighted by molar-refractivity contribution is 0.00221. The first-order chi connectivity index (χ1) is 23.0. The monoisotopic (exact) mass is 708 g/mol. The maximum Gasteiger partial charge on any atom is 0.407 e. The predicted octanol–water partition coefficient (Wildman–Crippen LogP) is 8.10. The van der Waals surface area contributed by atoms with Gasteiger partial charge in [-0.05, 0) is 66.1 Å². The third-order valence-electron chi connectivity index (χ3n) is 8.93. The lowest BCUT2D eigenvalue weighted by atomic mass is 9.87. The molecule has 1 saturated heterocycles. The van der Waals surface area contributed by atoms with Gasteiger partial charge >= 0.3 is 12.1 Å². The normalized spacial score (nSPS) is 16.5. The van der Waals surface area contributed by atoms with Gasteiger partial charge in [0, 0.05) is 55.4 Å². The maximum absolute atomic E-state index is 14.6. The van der Waals surface area contributed by atoms with Gasteiger partial charge in [0.25, 0.3) is 0 Å². The van der Waals surface area contributed by atoms with Crippen molar-refractivity contribution in [1.29, 1.82) is 0 Å². The van der Waals surface area contributed by atoms with E-state index in [0.717, 1.165) is 22.3 Å². The van der Waals surface area contributed by atoms with Crippen LogP contribution in [0.15, 0.2) is 78.9 Å². The number of hydrogen-bond acceptors (Lipinski definition) is 5. The highest BCUT2D eigenvalue weighted by molar-refractivity contribution is 6.40. The third kappa shape index (κ3) is 6.79. The number of amides is 3. The molecule has 0 spiro atoms. The first kappa shape index (κ1) is 33.9. The number of nitrogens with zero attached hydrogens (tertiary/aromatic N) is 4. The van der Waals surface area contributed by atoms with Crippen LogP contribution in [0.4, 0.5) is 21.0 Å². The zero-order valence-corrected chi connectivity index (χ0v) is 28.8. The first-order valence-corrected chi connectivity index (χ1v) is 16.6. The van der Waals surface area contributed by atoms with Crippen LogP contribution in [0.25, 0.3) is 11.1 Å². The number of piperazine rings is 1. The number of ether oxygens (including phenoxy) is 1. The Balaban J connectivity index is 1.50. The fraction of sp³-hybridized carbons (Fsp3) is 0.278. The summed E-state index contributed by atoms with van der Waals surface area (Å²) in [6, 6.07) is 23.5. The number of anilines is 2. The maximum atomic E-state index is 14.6. The van der Waals surface area contributed by atoms with Crippen LogP contribution in [-0.2, 0) is 18.7 Å². The highest BCUT2D eigenvalue weighted by atomic mass is 35.5. The number of benzene rings is 4. The predicted molar refractivity (Wildman–Crippen MR) is 189 cm³/mol. The lowest BCUT2D eigenvalue weighted by Crippen LogP contribution is -2.51. The summed E-state index contributed by atoms with van der Waals surface area (Å²) >= 11 is 20.4. The molecule has 0 radical (unpaired) electrons. The fourth-order valence-corrected chi connectivity index (χ4v) is 7.18. The number of urea groups is 1. The number of rotatable bonds is 8. The van der Waals surface area contributed by atoms with Gasteiger partial charge < -0.3 is 24.7 Å². The summed E-state index contributed by atoms with van der Waals surface area (Å²) in [5, 5.41) is 22.6. The van der Waals surface area contributed by atoms with Gasteiger partial charge in [0.2, 0.25) is 0 Å². The lowest BCUT2D eigenvalue weighted by Gasteiger charge is -2.41. The van der Waals surface area contributed by atoms with Gasteiger partial charge in [0.1, 0.15) is 5.75 Å². The van der Waals surface area contributed by atoms with Gasteiger partial charge in [-0.15, -0.1) is 0 Å². The van der Waals surface area contributed by atoms with Gasteiger partial charge in [-0.3, -0.25) is 9.80 Å². The molecule has 0 saturated carbocycles. The quantitative estimate of drug-likeness (QED) is 0.192. The van der Waals surface area contributed by atoms with Gasteiger partial charge in [0.15, 0.2) is 0 Å². The minimum atomic E-state index is -1.39. The van der Waals surface area contributed by atoms with E-state index in [1.807, 2.05) is 65.6 Å². The molecule has 2 aliphatic rings. The molecule has 2 heterocycles. The van der Waals surface area contributed by atoms with E-state index in [2.05, 4.69) is 0 Å². The SMILES string of the molecule is COc1ccc(CN2Cc3c(-c4ccccc4Cl)cc(C(C)(O)CN4CCN(C(=O)O)CC4)cc3N(c3c(Cl)cccc3Cl)C2=O)cc1. The zero-order valence-electron chi connectivity index (χ0n) is 26.5. The fourth-order valence-electron chi connectivity index (χ4n) is 6.37. The van der Waals surface area contributed by atoms with Crippen molar-refractivity contribution in [2.75, 3.05) is 44.7 Å². The summed E-state index contributed by atoms with van der Waals surface area (Å²) in [6.45, 7) is 4.16. The van der Waals surface area contributed by atoms with E-state index in [0.29, 0.717) is 70.5 Å². The molecule has 0 aromatic heterocycles. The van der Waals surface area contributed by atoms with E-state index >= 15 is 0 Å². The van der Waals surface area contributed by atoms with E-state index in [1.165, 1.54) is 9.80 Å². The number of carbonyl (C=O) groups excluding carboxylic acids is 1. The highest BCUT2D eigenvalue weighted by Gasteiger charge is 2.38. The number of aliphatic hydroxyl groups is 1. The largest absolute Gasteiger partial charge is 0.497 e. The molecule has 4 aromatic carbocycles. The Hall–Kier alpha value is -3.99. The number of β-amino-alcohol motifs (C(OH)–C–C–N with tert-alkyl or cyclic N) is 1. The summed E-state index contributed by atoms with van der Waals surface area (Å²) in [4.78, 5) is 32.7. The number of carbonyl (C=O) groups is 2. The second kappa shape index (κ2) is 13.9. The Labute approximate surface area is 294 Å². The average Bonchev–Trinajstić information content (AvgIpc) is 3.06. The van der Waals surface area contributed by atoms with Crippen molar-refractivity contribution in [3.63, 3.8) is 0 Å². The number of fused-ring (bicyclic) bond motifs is 1. The second-order valence-corrected chi connectivity index (χ2v) is 13.4. The summed E-state index contributed by atoms with van der Waals surface area (Å²) in [5.41, 5.74) is 3.23. The van der Waals surface area contributed by atoms with E-state index in [4.69, 9.17) is 39.5 Å². The van der Waals surface area contributed by atoms with Crippen molar-refractivity contribution in [2.45, 2.75) is 25.6 Å². The molecule has 4 aromatic rings. The van der Waals surface area contributed by atoms with Gasteiger partial charge in [-0.25, -0.2) is 9.59 Å².